The molecule has 8 heteroatoms. The first-order valence-electron chi connectivity index (χ1n) is 4.22. The molecule has 2 aromatic rings. The van der Waals surface area contributed by atoms with Gasteiger partial charge in [0.25, 0.3) is 5.91 Å². The number of H-pyrrole nitrogens is 1. The summed E-state index contributed by atoms with van der Waals surface area (Å²) in [4.78, 5) is 11.5. The maximum atomic E-state index is 11.5. The minimum atomic E-state index is -0.371. The van der Waals surface area contributed by atoms with Crippen LogP contribution in [0.15, 0.2) is 16.8 Å². The molecule has 2 heterocycles. The molecule has 2 N–H and O–H groups in total. The van der Waals surface area contributed by atoms with Crippen molar-refractivity contribution in [1.29, 1.82) is 0 Å². The Morgan fingerprint density at radius 3 is 3.13 bits per heavy atom. The fraction of sp³-hybridized carbons (Fsp3) is 0.286. The normalized spacial score (nSPS) is 12.3. The quantitative estimate of drug-likeness (QED) is 0.715. The topological polar surface area (TPSA) is 110 Å². The van der Waals surface area contributed by atoms with E-state index in [2.05, 4.69) is 35.6 Å². The van der Waals surface area contributed by atoms with Gasteiger partial charge in [-0.1, -0.05) is 10.4 Å². The Labute approximate surface area is 84.0 Å². The Morgan fingerprint density at radius 1 is 1.67 bits per heavy atom. The van der Waals surface area contributed by atoms with Crippen molar-refractivity contribution in [1.82, 2.24) is 31.1 Å². The first kappa shape index (κ1) is 9.31. The summed E-state index contributed by atoms with van der Waals surface area (Å²) in [5, 5.41) is 19.2. The van der Waals surface area contributed by atoms with Crippen molar-refractivity contribution >= 4 is 5.91 Å². The van der Waals surface area contributed by atoms with Gasteiger partial charge >= 0.3 is 0 Å². The van der Waals surface area contributed by atoms with Gasteiger partial charge in [0.2, 0.25) is 5.76 Å². The maximum Gasteiger partial charge on any atom is 0.290 e. The summed E-state index contributed by atoms with van der Waals surface area (Å²) in [6.07, 6.45) is 1.40. The summed E-state index contributed by atoms with van der Waals surface area (Å²) in [5.41, 5.74) is 0. The van der Waals surface area contributed by atoms with Crippen LogP contribution in [0.2, 0.25) is 0 Å². The first-order valence-corrected chi connectivity index (χ1v) is 4.22. The van der Waals surface area contributed by atoms with Crippen LogP contribution in [0.4, 0.5) is 0 Å². The van der Waals surface area contributed by atoms with Crippen molar-refractivity contribution < 1.29 is 9.32 Å². The summed E-state index contributed by atoms with van der Waals surface area (Å²) in [6, 6.07) is 1.12. The number of nitrogens with one attached hydrogen (secondary N) is 2. The number of hydrogen-bond acceptors (Lipinski definition) is 6. The fourth-order valence-corrected chi connectivity index (χ4v) is 1.02. The van der Waals surface area contributed by atoms with Crippen molar-refractivity contribution in [3.63, 3.8) is 0 Å². The van der Waals surface area contributed by atoms with E-state index < -0.39 is 0 Å². The van der Waals surface area contributed by atoms with Crippen molar-refractivity contribution in [3.05, 3.63) is 23.8 Å². The van der Waals surface area contributed by atoms with E-state index in [0.29, 0.717) is 5.82 Å². The van der Waals surface area contributed by atoms with Crippen LogP contribution in [0.1, 0.15) is 29.3 Å². The Hall–Kier alpha value is -2.25. The molecule has 1 unspecified atom stereocenters. The highest BCUT2D eigenvalue weighted by atomic mass is 16.5. The molecule has 0 aromatic carbocycles. The summed E-state index contributed by atoms with van der Waals surface area (Å²) < 4.78 is 4.69. The van der Waals surface area contributed by atoms with Crippen LogP contribution >= 0.6 is 0 Å². The van der Waals surface area contributed by atoms with Gasteiger partial charge in [-0.25, -0.2) is 0 Å². The Kier molecular flexibility index (Phi) is 2.40. The van der Waals surface area contributed by atoms with Crippen LogP contribution in [-0.4, -0.2) is 31.7 Å². The largest absolute Gasteiger partial charge is 0.351 e. The highest BCUT2D eigenvalue weighted by Crippen LogP contribution is 2.05. The van der Waals surface area contributed by atoms with Crippen molar-refractivity contribution in [2.75, 3.05) is 0 Å². The van der Waals surface area contributed by atoms with Crippen LogP contribution in [0, 0.1) is 0 Å². The molecule has 1 atom stereocenters. The summed E-state index contributed by atoms with van der Waals surface area (Å²) >= 11 is 0. The van der Waals surface area contributed by atoms with Gasteiger partial charge < -0.3 is 9.84 Å². The van der Waals surface area contributed by atoms with Gasteiger partial charge in [-0.2, -0.15) is 5.21 Å². The minimum absolute atomic E-state index is 0.144. The number of rotatable bonds is 3. The van der Waals surface area contributed by atoms with Crippen molar-refractivity contribution in [2.24, 2.45) is 0 Å². The molecule has 0 saturated heterocycles. The molecule has 0 aliphatic rings. The Balaban J connectivity index is 2.01. The van der Waals surface area contributed by atoms with Crippen LogP contribution in [0.3, 0.4) is 0 Å². The molecule has 0 spiro atoms. The summed E-state index contributed by atoms with van der Waals surface area (Å²) in [7, 11) is 0. The SMILES string of the molecule is CC(NC(=O)c1ccno1)c1nn[nH]n1. The molecular formula is C7H8N6O2. The molecule has 1 amide bonds. The molecule has 0 radical (unpaired) electrons. The zero-order valence-corrected chi connectivity index (χ0v) is 7.84. The number of tetrazole rings is 1. The zero-order valence-electron chi connectivity index (χ0n) is 7.84. The van der Waals surface area contributed by atoms with Crippen molar-refractivity contribution in [3.8, 4) is 0 Å². The third kappa shape index (κ3) is 1.98. The standard InChI is InChI=1S/C7H8N6O2/c1-4(6-10-12-13-11-6)9-7(14)5-2-3-8-15-5/h2-4H,1H3,(H,9,14)(H,10,11,12,13). The fourth-order valence-electron chi connectivity index (χ4n) is 1.02. The Morgan fingerprint density at radius 2 is 2.53 bits per heavy atom. The van der Waals surface area contributed by atoms with Crippen LogP contribution in [0.5, 0.6) is 0 Å². The lowest BCUT2D eigenvalue weighted by atomic mass is 10.3. The minimum Gasteiger partial charge on any atom is -0.351 e. The van der Waals surface area contributed by atoms with Gasteiger partial charge in [0, 0.05) is 6.07 Å². The predicted octanol–water partition coefficient (Wildman–Crippen LogP) is -0.321. The number of amides is 1. The van der Waals surface area contributed by atoms with Gasteiger partial charge in [-0.3, -0.25) is 4.79 Å². The Bertz CT molecular complexity index is 422. The highest BCUT2D eigenvalue weighted by Gasteiger charge is 2.16. The number of aromatic amines is 1. The second kappa shape index (κ2) is 3.86. The van der Waals surface area contributed by atoms with Gasteiger partial charge in [0.05, 0.1) is 12.2 Å². The number of carbonyl (C=O) groups excluding carboxylic acids is 1. The lowest BCUT2D eigenvalue weighted by Crippen LogP contribution is -2.27. The average molecular weight is 208 g/mol. The third-order valence-corrected chi connectivity index (χ3v) is 1.76. The van der Waals surface area contributed by atoms with E-state index >= 15 is 0 Å². The van der Waals surface area contributed by atoms with Crippen LogP contribution < -0.4 is 5.32 Å². The number of aromatic nitrogens is 5. The first-order chi connectivity index (χ1) is 7.27. The second-order valence-corrected chi connectivity index (χ2v) is 2.84. The number of carbonyl (C=O) groups is 1. The monoisotopic (exact) mass is 208 g/mol. The lowest BCUT2D eigenvalue weighted by Gasteiger charge is -2.07. The molecule has 0 saturated carbocycles. The van der Waals surface area contributed by atoms with E-state index in [1.54, 1.807) is 6.92 Å². The van der Waals surface area contributed by atoms with Gasteiger partial charge in [0.1, 0.15) is 0 Å². The number of nitrogens with zero attached hydrogens (tertiary/aromatic N) is 4. The highest BCUT2D eigenvalue weighted by molar-refractivity contribution is 5.91. The molecule has 15 heavy (non-hydrogen) atoms. The lowest BCUT2D eigenvalue weighted by molar-refractivity contribution is 0.0901. The molecule has 0 aliphatic carbocycles. The van der Waals surface area contributed by atoms with E-state index in [9.17, 15) is 4.79 Å². The van der Waals surface area contributed by atoms with Gasteiger partial charge in [-0.05, 0) is 6.92 Å². The van der Waals surface area contributed by atoms with E-state index in [1.807, 2.05) is 0 Å². The molecule has 0 aliphatic heterocycles. The van der Waals surface area contributed by atoms with Crippen LogP contribution in [-0.2, 0) is 0 Å². The zero-order chi connectivity index (χ0) is 10.7. The van der Waals surface area contributed by atoms with E-state index in [0.717, 1.165) is 0 Å². The smallest absolute Gasteiger partial charge is 0.290 e. The summed E-state index contributed by atoms with van der Waals surface area (Å²) in [5.74, 6) is 0.179. The van der Waals surface area contributed by atoms with Crippen LogP contribution in [0.25, 0.3) is 0 Å². The maximum absolute atomic E-state index is 11.5. The second-order valence-electron chi connectivity index (χ2n) is 2.84. The molecule has 0 fully saturated rings. The van der Waals surface area contributed by atoms with Gasteiger partial charge in [0.15, 0.2) is 5.82 Å². The molecule has 0 bridgehead atoms. The van der Waals surface area contributed by atoms with Gasteiger partial charge in [-0.15, -0.1) is 10.2 Å². The molecule has 2 aromatic heterocycles. The predicted molar refractivity (Wildman–Crippen MR) is 46.6 cm³/mol. The summed E-state index contributed by atoms with van der Waals surface area (Å²) in [6.45, 7) is 1.74. The molecular weight excluding hydrogens is 200 g/mol. The molecule has 8 nitrogen and oxygen atoms in total. The molecule has 2 rings (SSSR count). The number of hydrogen-bond donors (Lipinski definition) is 2. The van der Waals surface area contributed by atoms with Crippen molar-refractivity contribution in [2.45, 2.75) is 13.0 Å². The van der Waals surface area contributed by atoms with E-state index in [-0.39, 0.29) is 17.7 Å². The third-order valence-electron chi connectivity index (χ3n) is 1.76. The average Bonchev–Trinajstić information content (AvgIpc) is 2.91. The van der Waals surface area contributed by atoms with E-state index in [4.69, 9.17) is 0 Å². The van der Waals surface area contributed by atoms with E-state index in [1.165, 1.54) is 12.3 Å². The molecule has 78 valence electrons.